The molecular weight excluding hydrogens is 260 g/mol. The molecule has 0 aliphatic heterocycles. The molecule has 1 N–H and O–H groups in total. The van der Waals surface area contributed by atoms with Crippen molar-refractivity contribution in [1.82, 2.24) is 0 Å². The van der Waals surface area contributed by atoms with Crippen LogP contribution in [0.3, 0.4) is 0 Å². The molecule has 4 rings (SSSR count). The summed E-state index contributed by atoms with van der Waals surface area (Å²) in [5.74, 6) is 1.58. The van der Waals surface area contributed by atoms with Gasteiger partial charge in [-0.2, -0.15) is 0 Å². The Morgan fingerprint density at radius 1 is 1.38 bits per heavy atom. The number of phenolic OH excluding ortho intramolecular Hbond substituents is 1. The molecule has 1 aromatic rings. The van der Waals surface area contributed by atoms with Gasteiger partial charge in [-0.05, 0) is 72.9 Å². The standard InChI is InChI=1S/C19H22O2/c1-3-4-14-7-13-10-19(14)9-12-8-15(20)5-6-16(12)17(19)11(2)18(13)21/h5-6,8,13-14,20H,3-4,7,9-10H2,1-2H3/t13-,14-,19+/m1/s1. The van der Waals surface area contributed by atoms with Gasteiger partial charge in [-0.15, -0.1) is 0 Å². The number of fused-ring (bicyclic) bond motifs is 3. The van der Waals surface area contributed by atoms with E-state index < -0.39 is 0 Å². The van der Waals surface area contributed by atoms with Gasteiger partial charge in [-0.25, -0.2) is 0 Å². The highest BCUT2D eigenvalue weighted by Crippen LogP contribution is 2.65. The fourth-order valence-electron chi connectivity index (χ4n) is 5.40. The van der Waals surface area contributed by atoms with E-state index in [0.29, 0.717) is 17.5 Å². The van der Waals surface area contributed by atoms with Gasteiger partial charge in [0.2, 0.25) is 0 Å². The van der Waals surface area contributed by atoms with Gasteiger partial charge < -0.3 is 5.11 Å². The average Bonchev–Trinajstić information content (AvgIpc) is 2.94. The van der Waals surface area contributed by atoms with Crippen LogP contribution in [0.1, 0.15) is 50.7 Å². The molecule has 1 saturated carbocycles. The van der Waals surface area contributed by atoms with Gasteiger partial charge in [-0.3, -0.25) is 4.79 Å². The van der Waals surface area contributed by atoms with Crippen LogP contribution in [-0.4, -0.2) is 10.9 Å². The van der Waals surface area contributed by atoms with Gasteiger partial charge in [0.15, 0.2) is 5.78 Å². The Balaban J connectivity index is 1.94. The molecule has 0 heterocycles. The summed E-state index contributed by atoms with van der Waals surface area (Å²) in [4.78, 5) is 12.6. The van der Waals surface area contributed by atoms with Crippen LogP contribution < -0.4 is 0 Å². The normalized spacial score (nSPS) is 33.3. The summed E-state index contributed by atoms with van der Waals surface area (Å²) in [5.41, 5.74) is 4.94. The number of ketones is 1. The van der Waals surface area contributed by atoms with Crippen molar-refractivity contribution in [1.29, 1.82) is 0 Å². The minimum absolute atomic E-state index is 0.175. The van der Waals surface area contributed by atoms with Crippen molar-refractivity contribution in [2.24, 2.45) is 17.3 Å². The summed E-state index contributed by atoms with van der Waals surface area (Å²) in [6, 6.07) is 5.69. The number of benzene rings is 1. The molecule has 3 atom stereocenters. The Morgan fingerprint density at radius 3 is 2.95 bits per heavy atom. The Morgan fingerprint density at radius 2 is 2.19 bits per heavy atom. The first-order chi connectivity index (χ1) is 10.1. The summed E-state index contributed by atoms with van der Waals surface area (Å²) in [5, 5.41) is 9.80. The lowest BCUT2D eigenvalue weighted by Gasteiger charge is -2.36. The van der Waals surface area contributed by atoms with E-state index in [2.05, 4.69) is 6.92 Å². The average molecular weight is 282 g/mol. The van der Waals surface area contributed by atoms with Crippen molar-refractivity contribution in [2.75, 3.05) is 0 Å². The van der Waals surface area contributed by atoms with E-state index in [1.165, 1.54) is 29.5 Å². The third kappa shape index (κ3) is 1.56. The minimum Gasteiger partial charge on any atom is -0.508 e. The molecule has 0 saturated heterocycles. The number of phenols is 1. The van der Waals surface area contributed by atoms with Crippen LogP contribution in [0.5, 0.6) is 5.75 Å². The Hall–Kier alpha value is -1.57. The molecule has 1 spiro atoms. The van der Waals surface area contributed by atoms with Crippen LogP contribution in [0.4, 0.5) is 0 Å². The van der Waals surface area contributed by atoms with E-state index in [1.54, 1.807) is 6.07 Å². The molecule has 3 aliphatic rings. The fourth-order valence-corrected chi connectivity index (χ4v) is 5.40. The lowest BCUT2D eigenvalue weighted by atomic mass is 9.67. The van der Waals surface area contributed by atoms with E-state index in [1.807, 2.05) is 19.1 Å². The summed E-state index contributed by atoms with van der Waals surface area (Å²) in [6.07, 6.45) is 5.49. The Kier molecular flexibility index (Phi) is 2.64. The van der Waals surface area contributed by atoms with Crippen molar-refractivity contribution in [2.45, 2.75) is 46.0 Å². The number of carbonyl (C=O) groups is 1. The summed E-state index contributed by atoms with van der Waals surface area (Å²) in [7, 11) is 0. The monoisotopic (exact) mass is 282 g/mol. The van der Waals surface area contributed by atoms with E-state index in [9.17, 15) is 9.90 Å². The van der Waals surface area contributed by atoms with Crippen LogP contribution in [-0.2, 0) is 11.2 Å². The lowest BCUT2D eigenvalue weighted by Crippen LogP contribution is -2.30. The number of hydrogen-bond donors (Lipinski definition) is 1. The molecule has 3 aliphatic carbocycles. The molecule has 0 unspecified atom stereocenters. The maximum Gasteiger partial charge on any atom is 0.162 e. The van der Waals surface area contributed by atoms with Crippen LogP contribution >= 0.6 is 0 Å². The first-order valence-electron chi connectivity index (χ1n) is 8.14. The van der Waals surface area contributed by atoms with Crippen molar-refractivity contribution in [3.05, 3.63) is 34.9 Å². The highest BCUT2D eigenvalue weighted by atomic mass is 16.3. The van der Waals surface area contributed by atoms with Gasteiger partial charge in [0.25, 0.3) is 0 Å². The molecule has 0 radical (unpaired) electrons. The Bertz CT molecular complexity index is 670. The van der Waals surface area contributed by atoms with E-state index in [0.717, 1.165) is 24.8 Å². The zero-order chi connectivity index (χ0) is 14.8. The molecule has 110 valence electrons. The molecule has 0 amide bonds. The zero-order valence-corrected chi connectivity index (χ0v) is 12.8. The van der Waals surface area contributed by atoms with E-state index >= 15 is 0 Å². The van der Waals surface area contributed by atoms with Gasteiger partial charge in [-0.1, -0.05) is 19.4 Å². The van der Waals surface area contributed by atoms with E-state index in [4.69, 9.17) is 0 Å². The van der Waals surface area contributed by atoms with Crippen LogP contribution in [0, 0.1) is 17.3 Å². The van der Waals surface area contributed by atoms with Gasteiger partial charge in [0, 0.05) is 11.3 Å². The second-order valence-electron chi connectivity index (χ2n) is 7.16. The molecule has 2 heteroatoms. The predicted molar refractivity (Wildman–Crippen MR) is 83.0 cm³/mol. The zero-order valence-electron chi connectivity index (χ0n) is 12.8. The third-order valence-electron chi connectivity index (χ3n) is 6.08. The van der Waals surface area contributed by atoms with Crippen LogP contribution in [0.15, 0.2) is 23.8 Å². The SMILES string of the molecule is CCC[C@@H]1C[C@@H]2C[C@@]13Cc1cc(O)ccc1C3=C(C)C2=O. The van der Waals surface area contributed by atoms with Gasteiger partial charge in [0.05, 0.1) is 0 Å². The number of rotatable bonds is 2. The predicted octanol–water partition coefficient (Wildman–Crippen LogP) is 4.12. The molecule has 1 aromatic carbocycles. The fraction of sp³-hybridized carbons (Fsp3) is 0.526. The quantitative estimate of drug-likeness (QED) is 0.886. The highest BCUT2D eigenvalue weighted by molar-refractivity contribution is 6.08. The maximum atomic E-state index is 12.6. The molecular formula is C19H22O2. The lowest BCUT2D eigenvalue weighted by molar-refractivity contribution is -0.119. The number of Topliss-reactive ketones (excluding diaryl/α,β-unsaturated/α-hetero) is 1. The molecule has 21 heavy (non-hydrogen) atoms. The topological polar surface area (TPSA) is 37.3 Å². The summed E-state index contributed by atoms with van der Waals surface area (Å²) in [6.45, 7) is 4.26. The van der Waals surface area contributed by atoms with Crippen molar-refractivity contribution in [3.63, 3.8) is 0 Å². The Labute approximate surface area is 125 Å². The summed E-state index contributed by atoms with van der Waals surface area (Å²) >= 11 is 0. The number of allylic oxidation sites excluding steroid dienone is 2. The third-order valence-corrected chi connectivity index (χ3v) is 6.08. The van der Waals surface area contributed by atoms with Gasteiger partial charge in [0.1, 0.15) is 5.75 Å². The molecule has 2 nitrogen and oxygen atoms in total. The number of hydrogen-bond acceptors (Lipinski definition) is 2. The highest BCUT2D eigenvalue weighted by Gasteiger charge is 2.58. The summed E-state index contributed by atoms with van der Waals surface area (Å²) < 4.78 is 0. The molecule has 0 aromatic heterocycles. The number of aromatic hydroxyl groups is 1. The smallest absolute Gasteiger partial charge is 0.162 e. The van der Waals surface area contributed by atoms with Crippen molar-refractivity contribution >= 4 is 11.4 Å². The van der Waals surface area contributed by atoms with Crippen molar-refractivity contribution < 1.29 is 9.90 Å². The largest absolute Gasteiger partial charge is 0.508 e. The van der Waals surface area contributed by atoms with E-state index in [-0.39, 0.29) is 11.3 Å². The molecule has 2 bridgehead atoms. The van der Waals surface area contributed by atoms with Crippen LogP contribution in [0.2, 0.25) is 0 Å². The second-order valence-corrected chi connectivity index (χ2v) is 7.16. The first kappa shape index (κ1) is 13.1. The van der Waals surface area contributed by atoms with Crippen LogP contribution in [0.25, 0.3) is 5.57 Å². The van der Waals surface area contributed by atoms with Crippen molar-refractivity contribution in [3.8, 4) is 5.75 Å². The minimum atomic E-state index is 0.175. The number of carbonyl (C=O) groups excluding carboxylic acids is 1. The maximum absolute atomic E-state index is 12.6. The van der Waals surface area contributed by atoms with Gasteiger partial charge >= 0.3 is 0 Å². The molecule has 1 fully saturated rings. The second kappa shape index (κ2) is 4.22. The first-order valence-corrected chi connectivity index (χ1v) is 8.14.